The van der Waals surface area contributed by atoms with Crippen LogP contribution in [-0.4, -0.2) is 59.6 Å². The highest BCUT2D eigenvalue weighted by atomic mass is 32.1. The van der Waals surface area contributed by atoms with Crippen LogP contribution in [0, 0.1) is 13.8 Å². The van der Waals surface area contributed by atoms with E-state index < -0.39 is 0 Å². The van der Waals surface area contributed by atoms with Crippen LogP contribution in [0.3, 0.4) is 0 Å². The molecule has 0 radical (unpaired) electrons. The van der Waals surface area contributed by atoms with E-state index in [9.17, 15) is 4.79 Å². The van der Waals surface area contributed by atoms with Gasteiger partial charge in [-0.2, -0.15) is 0 Å². The van der Waals surface area contributed by atoms with Gasteiger partial charge in [0.2, 0.25) is 5.91 Å². The van der Waals surface area contributed by atoms with Crippen LogP contribution in [0.1, 0.15) is 24.0 Å². The Bertz CT molecular complexity index is 621. The molecule has 1 aromatic carbocycles. The van der Waals surface area contributed by atoms with E-state index in [4.69, 9.17) is 12.2 Å². The Morgan fingerprint density at radius 3 is 2.58 bits per heavy atom. The first-order valence-electron chi connectivity index (χ1n) is 8.67. The lowest BCUT2D eigenvalue weighted by Crippen LogP contribution is -2.53. The molecule has 3 rings (SSSR count). The largest absolute Gasteiger partial charge is 0.360 e. The van der Waals surface area contributed by atoms with Gasteiger partial charge in [-0.1, -0.05) is 12.1 Å². The van der Waals surface area contributed by atoms with Gasteiger partial charge in [0.15, 0.2) is 5.11 Å². The number of piperazine rings is 1. The summed E-state index contributed by atoms with van der Waals surface area (Å²) in [5.41, 5.74) is 3.23. The van der Waals surface area contributed by atoms with Crippen molar-refractivity contribution in [1.82, 2.24) is 15.1 Å². The summed E-state index contributed by atoms with van der Waals surface area (Å²) in [6, 6.07) is 6.59. The Hall–Kier alpha value is -1.66. The second kappa shape index (κ2) is 7.49. The van der Waals surface area contributed by atoms with Gasteiger partial charge in [-0.25, -0.2) is 0 Å². The van der Waals surface area contributed by atoms with Gasteiger partial charge in [-0.3, -0.25) is 9.69 Å². The zero-order valence-corrected chi connectivity index (χ0v) is 15.3. The van der Waals surface area contributed by atoms with Crippen LogP contribution in [0.2, 0.25) is 0 Å². The normalized spacial score (nSPS) is 18.3. The molecule has 0 bridgehead atoms. The number of rotatable bonds is 4. The van der Waals surface area contributed by atoms with E-state index in [-0.39, 0.29) is 5.91 Å². The lowest BCUT2D eigenvalue weighted by atomic mass is 10.1. The summed E-state index contributed by atoms with van der Waals surface area (Å²) < 4.78 is 0. The Balaban J connectivity index is 1.44. The Morgan fingerprint density at radius 2 is 1.92 bits per heavy atom. The van der Waals surface area contributed by atoms with Crippen LogP contribution in [0.25, 0.3) is 0 Å². The maximum Gasteiger partial charge on any atom is 0.238 e. The molecular weight excluding hydrogens is 320 g/mol. The lowest BCUT2D eigenvalue weighted by molar-refractivity contribution is -0.117. The maximum atomic E-state index is 12.3. The van der Waals surface area contributed by atoms with Crippen LogP contribution in [0.15, 0.2) is 18.2 Å². The molecule has 2 N–H and O–H groups in total. The molecule has 1 saturated heterocycles. The maximum absolute atomic E-state index is 12.3. The van der Waals surface area contributed by atoms with Gasteiger partial charge in [-0.15, -0.1) is 0 Å². The zero-order valence-electron chi connectivity index (χ0n) is 14.5. The number of hydrogen-bond donors (Lipinski definition) is 2. The van der Waals surface area contributed by atoms with Crippen molar-refractivity contribution < 1.29 is 4.79 Å². The molecule has 2 aliphatic rings. The quantitative estimate of drug-likeness (QED) is 0.816. The number of aryl methyl sites for hydroxylation is 1. The summed E-state index contributed by atoms with van der Waals surface area (Å²) in [7, 11) is 0. The topological polar surface area (TPSA) is 47.6 Å². The first-order chi connectivity index (χ1) is 11.5. The molecule has 130 valence electrons. The highest BCUT2D eigenvalue weighted by molar-refractivity contribution is 7.80. The average molecular weight is 347 g/mol. The van der Waals surface area contributed by atoms with E-state index in [0.29, 0.717) is 12.6 Å². The Labute approximate surface area is 149 Å². The van der Waals surface area contributed by atoms with E-state index in [1.54, 1.807) is 0 Å². The molecule has 0 aromatic heterocycles. The van der Waals surface area contributed by atoms with E-state index in [2.05, 4.69) is 33.4 Å². The van der Waals surface area contributed by atoms with Crippen molar-refractivity contribution in [2.45, 2.75) is 32.7 Å². The van der Waals surface area contributed by atoms with Gasteiger partial charge in [0.05, 0.1) is 6.54 Å². The van der Waals surface area contributed by atoms with Crippen LogP contribution in [0.5, 0.6) is 0 Å². The number of carbonyl (C=O) groups excluding carboxylic acids is 1. The molecule has 1 aliphatic carbocycles. The smallest absolute Gasteiger partial charge is 0.238 e. The summed E-state index contributed by atoms with van der Waals surface area (Å²) in [5, 5.41) is 7.29. The fraction of sp³-hybridized carbons (Fsp3) is 0.556. The molecule has 0 spiro atoms. The van der Waals surface area contributed by atoms with Crippen LogP contribution < -0.4 is 10.6 Å². The lowest BCUT2D eigenvalue weighted by Gasteiger charge is -2.35. The predicted molar refractivity (Wildman–Crippen MR) is 101 cm³/mol. The summed E-state index contributed by atoms with van der Waals surface area (Å²) in [6.45, 7) is 8.04. The third-order valence-corrected chi connectivity index (χ3v) is 5.19. The van der Waals surface area contributed by atoms with Crippen molar-refractivity contribution in [3.63, 3.8) is 0 Å². The number of thiocarbonyl (C=S) groups is 1. The number of nitrogens with zero attached hydrogens (tertiary/aromatic N) is 2. The zero-order chi connectivity index (χ0) is 17.1. The third kappa shape index (κ3) is 4.45. The van der Waals surface area contributed by atoms with Gasteiger partial charge in [0.1, 0.15) is 0 Å². The summed E-state index contributed by atoms with van der Waals surface area (Å²) in [4.78, 5) is 16.7. The average Bonchev–Trinajstić information content (AvgIpc) is 3.36. The highest BCUT2D eigenvalue weighted by Crippen LogP contribution is 2.19. The minimum absolute atomic E-state index is 0.0517. The second-order valence-corrected chi connectivity index (χ2v) is 7.17. The molecule has 1 aliphatic heterocycles. The molecule has 1 amide bonds. The van der Waals surface area contributed by atoms with Gasteiger partial charge >= 0.3 is 0 Å². The minimum atomic E-state index is 0.0517. The van der Waals surface area contributed by atoms with Gasteiger partial charge in [0, 0.05) is 37.9 Å². The van der Waals surface area contributed by atoms with Crippen molar-refractivity contribution in [2.24, 2.45) is 0 Å². The molecular formula is C18H26N4OS. The van der Waals surface area contributed by atoms with Crippen LogP contribution >= 0.6 is 12.2 Å². The van der Waals surface area contributed by atoms with Gasteiger partial charge in [0.25, 0.3) is 0 Å². The molecule has 6 heteroatoms. The highest BCUT2D eigenvalue weighted by Gasteiger charge is 2.26. The first kappa shape index (κ1) is 17.2. The molecule has 1 aromatic rings. The van der Waals surface area contributed by atoms with Crippen molar-refractivity contribution in [3.05, 3.63) is 29.3 Å². The van der Waals surface area contributed by atoms with Crippen LogP contribution in [-0.2, 0) is 4.79 Å². The van der Waals surface area contributed by atoms with Crippen molar-refractivity contribution in [2.75, 3.05) is 38.0 Å². The monoisotopic (exact) mass is 346 g/mol. The summed E-state index contributed by atoms with van der Waals surface area (Å²) >= 11 is 5.45. The van der Waals surface area contributed by atoms with E-state index in [0.717, 1.165) is 42.5 Å². The fourth-order valence-corrected chi connectivity index (χ4v) is 3.23. The molecule has 24 heavy (non-hydrogen) atoms. The number of benzene rings is 1. The van der Waals surface area contributed by atoms with E-state index in [1.165, 1.54) is 18.4 Å². The first-order valence-corrected chi connectivity index (χ1v) is 9.07. The minimum Gasteiger partial charge on any atom is -0.360 e. The van der Waals surface area contributed by atoms with Crippen molar-refractivity contribution in [1.29, 1.82) is 0 Å². The number of nitrogens with one attached hydrogen (secondary N) is 2. The molecule has 1 heterocycles. The summed E-state index contributed by atoms with van der Waals surface area (Å²) in [6.07, 6.45) is 2.47. The van der Waals surface area contributed by atoms with Crippen LogP contribution in [0.4, 0.5) is 5.69 Å². The number of amides is 1. The van der Waals surface area contributed by atoms with Crippen molar-refractivity contribution in [3.8, 4) is 0 Å². The van der Waals surface area contributed by atoms with Gasteiger partial charge in [-0.05, 0) is 56.1 Å². The van der Waals surface area contributed by atoms with E-state index in [1.807, 2.05) is 19.1 Å². The third-order valence-electron chi connectivity index (χ3n) is 4.81. The molecule has 5 nitrogen and oxygen atoms in total. The van der Waals surface area contributed by atoms with Crippen molar-refractivity contribution >= 4 is 28.9 Å². The Kier molecular flexibility index (Phi) is 5.36. The number of carbonyl (C=O) groups is 1. The predicted octanol–water partition coefficient (Wildman–Crippen LogP) is 1.90. The summed E-state index contributed by atoms with van der Waals surface area (Å²) in [5.74, 6) is 0.0517. The second-order valence-electron chi connectivity index (χ2n) is 6.78. The molecule has 2 fully saturated rings. The van der Waals surface area contributed by atoms with Gasteiger partial charge < -0.3 is 15.5 Å². The SMILES string of the molecule is Cc1cccc(NC(=O)CN2CCN(C(=S)NC3CC3)CC2)c1C. The molecule has 0 unspecified atom stereocenters. The number of hydrogen-bond acceptors (Lipinski definition) is 3. The molecule has 0 atom stereocenters. The standard InChI is InChI=1S/C18H26N4OS/c1-13-4-3-5-16(14(13)2)20-17(23)12-21-8-10-22(11-9-21)18(24)19-15-6-7-15/h3-5,15H,6-12H2,1-2H3,(H,19,24)(H,20,23). The number of anilines is 1. The molecule has 1 saturated carbocycles. The fourth-order valence-electron chi connectivity index (χ4n) is 2.88. The van der Waals surface area contributed by atoms with E-state index >= 15 is 0 Å². The Morgan fingerprint density at radius 1 is 1.21 bits per heavy atom.